The van der Waals surface area contributed by atoms with Gasteiger partial charge in [-0.15, -0.1) is 0 Å². The van der Waals surface area contributed by atoms with Gasteiger partial charge in [-0.1, -0.05) is 19.9 Å². The molecule has 0 fully saturated rings. The number of amides is 1. The molecule has 0 unspecified atom stereocenters. The molecule has 0 saturated heterocycles. The second-order valence-electron chi connectivity index (χ2n) is 6.95. The van der Waals surface area contributed by atoms with Crippen molar-refractivity contribution in [3.8, 4) is 0 Å². The van der Waals surface area contributed by atoms with Crippen LogP contribution in [0, 0.1) is 5.41 Å². The maximum absolute atomic E-state index is 12.0. The molecule has 2 aromatic carbocycles. The van der Waals surface area contributed by atoms with Crippen molar-refractivity contribution in [3.63, 3.8) is 0 Å². The molecule has 0 bridgehead atoms. The zero-order valence-corrected chi connectivity index (χ0v) is 13.8. The summed E-state index contributed by atoms with van der Waals surface area (Å²) in [7, 11) is 0. The van der Waals surface area contributed by atoms with E-state index in [4.69, 9.17) is 0 Å². The van der Waals surface area contributed by atoms with E-state index in [9.17, 15) is 4.79 Å². The van der Waals surface area contributed by atoms with Crippen LogP contribution >= 0.6 is 0 Å². The number of rotatable bonds is 2. The van der Waals surface area contributed by atoms with Crippen molar-refractivity contribution in [2.75, 3.05) is 10.6 Å². The largest absolute Gasteiger partial charge is 0.355 e. The number of pyridine rings is 1. The van der Waals surface area contributed by atoms with E-state index < -0.39 is 0 Å². The highest BCUT2D eigenvalue weighted by Gasteiger charge is 2.33. The topological polar surface area (TPSA) is 54.0 Å². The third-order valence-electron chi connectivity index (χ3n) is 4.53. The van der Waals surface area contributed by atoms with Gasteiger partial charge in [-0.2, -0.15) is 0 Å². The van der Waals surface area contributed by atoms with E-state index in [1.165, 1.54) is 0 Å². The molecule has 2 heterocycles. The Kier molecular flexibility index (Phi) is 3.27. The number of carbonyl (C=O) groups is 1. The van der Waals surface area contributed by atoms with Crippen LogP contribution in [0.3, 0.4) is 0 Å². The molecule has 0 saturated carbocycles. The quantitative estimate of drug-likeness (QED) is 0.731. The molecule has 0 radical (unpaired) electrons. The van der Waals surface area contributed by atoms with Crippen molar-refractivity contribution < 1.29 is 4.79 Å². The molecule has 0 aliphatic carbocycles. The number of aromatic nitrogens is 1. The maximum Gasteiger partial charge on any atom is 0.230 e. The zero-order chi connectivity index (χ0) is 16.7. The minimum Gasteiger partial charge on any atom is -0.355 e. The van der Waals surface area contributed by atoms with Gasteiger partial charge in [-0.25, -0.2) is 0 Å². The maximum atomic E-state index is 12.0. The number of fused-ring (bicyclic) bond motifs is 2. The van der Waals surface area contributed by atoms with Crippen molar-refractivity contribution in [1.82, 2.24) is 4.98 Å². The summed E-state index contributed by atoms with van der Waals surface area (Å²) in [6.07, 6.45) is 4.41. The van der Waals surface area contributed by atoms with Gasteiger partial charge in [0, 0.05) is 40.3 Å². The van der Waals surface area contributed by atoms with Crippen LogP contribution in [0.25, 0.3) is 10.8 Å². The third-order valence-corrected chi connectivity index (χ3v) is 4.53. The van der Waals surface area contributed by atoms with Crippen LogP contribution in [0.4, 0.5) is 17.1 Å². The fourth-order valence-corrected chi connectivity index (χ4v) is 3.12. The van der Waals surface area contributed by atoms with Crippen LogP contribution in [0.15, 0.2) is 54.9 Å². The monoisotopic (exact) mass is 317 g/mol. The predicted octanol–water partition coefficient (Wildman–Crippen LogP) is 4.50. The number of nitrogens with one attached hydrogen (secondary N) is 2. The molecule has 120 valence electrons. The fourth-order valence-electron chi connectivity index (χ4n) is 3.12. The molecule has 4 heteroatoms. The molecule has 1 aliphatic heterocycles. The van der Waals surface area contributed by atoms with Crippen LogP contribution < -0.4 is 10.6 Å². The predicted molar refractivity (Wildman–Crippen MR) is 97.6 cm³/mol. The van der Waals surface area contributed by atoms with Crippen LogP contribution in [0.2, 0.25) is 0 Å². The van der Waals surface area contributed by atoms with Crippen molar-refractivity contribution in [2.24, 2.45) is 5.41 Å². The number of hydrogen-bond acceptors (Lipinski definition) is 3. The second kappa shape index (κ2) is 5.34. The van der Waals surface area contributed by atoms with Gasteiger partial charge in [0.2, 0.25) is 5.91 Å². The number of hydrogen-bond donors (Lipinski definition) is 2. The zero-order valence-electron chi connectivity index (χ0n) is 13.8. The minimum absolute atomic E-state index is 0.0823. The van der Waals surface area contributed by atoms with Gasteiger partial charge in [-0.05, 0) is 53.8 Å². The standard InChI is InChI=1S/C20H19N3O/c1-20(2)11-15-10-17(5-6-18(15)23-19(20)24)22-16-4-3-14-12-21-8-7-13(14)9-16/h3-10,12,22H,11H2,1-2H3,(H,23,24). The molecular formula is C20H19N3O. The summed E-state index contributed by atoms with van der Waals surface area (Å²) in [5.41, 5.74) is 3.76. The first kappa shape index (κ1) is 14.7. The molecular weight excluding hydrogens is 298 g/mol. The summed E-state index contributed by atoms with van der Waals surface area (Å²) >= 11 is 0. The van der Waals surface area contributed by atoms with E-state index in [1.807, 2.05) is 38.2 Å². The van der Waals surface area contributed by atoms with Crippen molar-refractivity contribution in [1.29, 1.82) is 0 Å². The van der Waals surface area contributed by atoms with Gasteiger partial charge >= 0.3 is 0 Å². The highest BCUT2D eigenvalue weighted by Crippen LogP contribution is 2.35. The molecule has 1 aromatic heterocycles. The fraction of sp³-hybridized carbons (Fsp3) is 0.200. The van der Waals surface area contributed by atoms with Crippen LogP contribution in [-0.4, -0.2) is 10.9 Å². The lowest BCUT2D eigenvalue weighted by molar-refractivity contribution is -0.124. The summed E-state index contributed by atoms with van der Waals surface area (Å²) in [4.78, 5) is 16.2. The summed E-state index contributed by atoms with van der Waals surface area (Å²) in [5, 5.41) is 8.72. The molecule has 2 N–H and O–H groups in total. The Morgan fingerprint density at radius 3 is 2.71 bits per heavy atom. The summed E-state index contributed by atoms with van der Waals surface area (Å²) in [6.45, 7) is 3.95. The van der Waals surface area contributed by atoms with Crippen LogP contribution in [0.1, 0.15) is 19.4 Å². The molecule has 24 heavy (non-hydrogen) atoms. The van der Waals surface area contributed by atoms with Crippen LogP contribution in [0.5, 0.6) is 0 Å². The van der Waals surface area contributed by atoms with E-state index in [1.54, 1.807) is 6.20 Å². The summed E-state index contributed by atoms with van der Waals surface area (Å²) in [6, 6.07) is 14.3. The third kappa shape index (κ3) is 2.60. The smallest absolute Gasteiger partial charge is 0.230 e. The average Bonchev–Trinajstić information content (AvgIpc) is 2.56. The Bertz CT molecular complexity index is 947. The summed E-state index contributed by atoms with van der Waals surface area (Å²) < 4.78 is 0. The lowest BCUT2D eigenvalue weighted by atomic mass is 9.81. The number of carbonyl (C=O) groups excluding carboxylic acids is 1. The Morgan fingerprint density at radius 1 is 1.04 bits per heavy atom. The minimum atomic E-state index is -0.373. The van der Waals surface area contributed by atoms with E-state index >= 15 is 0 Å². The molecule has 1 amide bonds. The highest BCUT2D eigenvalue weighted by atomic mass is 16.2. The first-order chi connectivity index (χ1) is 11.5. The molecule has 4 nitrogen and oxygen atoms in total. The first-order valence-electron chi connectivity index (χ1n) is 8.06. The molecule has 0 atom stereocenters. The average molecular weight is 317 g/mol. The van der Waals surface area contributed by atoms with Gasteiger partial charge < -0.3 is 10.6 Å². The normalized spacial score (nSPS) is 15.7. The molecule has 1 aliphatic rings. The Hall–Kier alpha value is -2.88. The van der Waals surface area contributed by atoms with Crippen LogP contribution in [-0.2, 0) is 11.2 Å². The first-order valence-corrected chi connectivity index (χ1v) is 8.06. The highest BCUT2D eigenvalue weighted by molar-refractivity contribution is 5.98. The molecule has 3 aromatic rings. The van der Waals surface area contributed by atoms with Crippen molar-refractivity contribution in [3.05, 3.63) is 60.4 Å². The Labute approximate surface area is 140 Å². The molecule has 4 rings (SSSR count). The van der Waals surface area contributed by atoms with E-state index in [0.717, 1.165) is 39.8 Å². The van der Waals surface area contributed by atoms with E-state index in [0.29, 0.717) is 0 Å². The van der Waals surface area contributed by atoms with Crippen molar-refractivity contribution in [2.45, 2.75) is 20.3 Å². The van der Waals surface area contributed by atoms with Gasteiger partial charge in [0.05, 0.1) is 0 Å². The number of benzene rings is 2. The lowest BCUT2D eigenvalue weighted by Gasteiger charge is -2.30. The van der Waals surface area contributed by atoms with Gasteiger partial charge in [0.1, 0.15) is 0 Å². The van der Waals surface area contributed by atoms with E-state index in [-0.39, 0.29) is 11.3 Å². The Balaban J connectivity index is 1.64. The SMILES string of the molecule is CC1(C)Cc2cc(Nc3ccc4cnccc4c3)ccc2NC1=O. The number of anilines is 3. The van der Waals surface area contributed by atoms with Gasteiger partial charge in [-0.3, -0.25) is 9.78 Å². The second-order valence-corrected chi connectivity index (χ2v) is 6.95. The van der Waals surface area contributed by atoms with Gasteiger partial charge in [0.15, 0.2) is 0 Å². The van der Waals surface area contributed by atoms with E-state index in [2.05, 4.69) is 39.9 Å². The lowest BCUT2D eigenvalue weighted by Crippen LogP contribution is -2.37. The molecule has 0 spiro atoms. The van der Waals surface area contributed by atoms with Gasteiger partial charge in [0.25, 0.3) is 0 Å². The number of nitrogens with zero attached hydrogens (tertiary/aromatic N) is 1. The Morgan fingerprint density at radius 2 is 1.83 bits per heavy atom. The summed E-state index contributed by atoms with van der Waals surface area (Å²) in [5.74, 6) is 0.0823. The van der Waals surface area contributed by atoms with Crippen molar-refractivity contribution >= 4 is 33.7 Å².